The average molecular weight is 320 g/mol. The van der Waals surface area contributed by atoms with Crippen LogP contribution in [0.25, 0.3) is 11.5 Å². The van der Waals surface area contributed by atoms with Gasteiger partial charge in [-0.05, 0) is 41.3 Å². The summed E-state index contributed by atoms with van der Waals surface area (Å²) in [6.45, 7) is 0.205. The maximum Gasteiger partial charge on any atom is 0.250 e. The highest BCUT2D eigenvalue weighted by Crippen LogP contribution is 2.19. The van der Waals surface area contributed by atoms with Crippen LogP contribution in [0.15, 0.2) is 62.9 Å². The van der Waals surface area contributed by atoms with Crippen LogP contribution < -0.4 is 4.72 Å². The fraction of sp³-hybridized carbons (Fsp3) is 0.0714. The van der Waals surface area contributed by atoms with Crippen molar-refractivity contribution in [3.63, 3.8) is 0 Å². The average Bonchev–Trinajstić information content (AvgIpc) is 3.18. The summed E-state index contributed by atoms with van der Waals surface area (Å²) in [5.41, 5.74) is 1.49. The van der Waals surface area contributed by atoms with E-state index >= 15 is 0 Å². The zero-order valence-corrected chi connectivity index (χ0v) is 12.5. The molecule has 0 amide bonds. The molecule has 0 saturated heterocycles. The predicted octanol–water partition coefficient (Wildman–Crippen LogP) is 2.88. The van der Waals surface area contributed by atoms with Crippen LogP contribution in [0.3, 0.4) is 0 Å². The normalized spacial score (nSPS) is 11.6. The molecular weight excluding hydrogens is 308 g/mol. The molecule has 0 spiro atoms. The van der Waals surface area contributed by atoms with Gasteiger partial charge in [-0.15, -0.1) is 11.3 Å². The smallest absolute Gasteiger partial charge is 0.250 e. The van der Waals surface area contributed by atoms with Gasteiger partial charge in [-0.25, -0.2) is 13.1 Å². The van der Waals surface area contributed by atoms with Crippen LogP contribution >= 0.6 is 11.3 Å². The maximum atomic E-state index is 12.0. The van der Waals surface area contributed by atoms with Crippen LogP contribution in [0.4, 0.5) is 0 Å². The van der Waals surface area contributed by atoms with E-state index in [-0.39, 0.29) is 6.54 Å². The topological polar surface area (TPSA) is 72.2 Å². The largest absolute Gasteiger partial charge is 0.463 e. The second kappa shape index (κ2) is 5.80. The quantitative estimate of drug-likeness (QED) is 0.784. The third kappa shape index (κ3) is 3.21. The highest BCUT2D eigenvalue weighted by atomic mass is 32.2. The number of aromatic nitrogens is 1. The number of hydrogen-bond acceptors (Lipinski definition) is 5. The Kier molecular flexibility index (Phi) is 3.87. The Labute approximate surface area is 126 Å². The van der Waals surface area contributed by atoms with Crippen molar-refractivity contribution in [2.24, 2.45) is 0 Å². The first-order valence-corrected chi connectivity index (χ1v) is 8.53. The van der Waals surface area contributed by atoms with Crippen LogP contribution in [0.1, 0.15) is 5.56 Å². The number of nitrogens with one attached hydrogen (secondary N) is 1. The Morgan fingerprint density at radius 3 is 2.86 bits per heavy atom. The van der Waals surface area contributed by atoms with Crippen molar-refractivity contribution in [2.45, 2.75) is 10.8 Å². The molecular formula is C14H12N2O3S2. The van der Waals surface area contributed by atoms with Gasteiger partial charge in [0.25, 0.3) is 0 Å². The lowest BCUT2D eigenvalue weighted by Crippen LogP contribution is -2.22. The molecule has 0 atom stereocenters. The van der Waals surface area contributed by atoms with E-state index in [1.165, 1.54) is 11.3 Å². The van der Waals surface area contributed by atoms with Crippen molar-refractivity contribution in [3.8, 4) is 11.5 Å². The molecule has 0 fully saturated rings. The fourth-order valence-corrected chi connectivity index (χ4v) is 3.86. The molecule has 1 N–H and O–H groups in total. The molecule has 3 aromatic rings. The Morgan fingerprint density at radius 2 is 2.14 bits per heavy atom. The predicted molar refractivity (Wildman–Crippen MR) is 80.3 cm³/mol. The number of pyridine rings is 1. The monoisotopic (exact) mass is 320 g/mol. The molecule has 0 aliphatic carbocycles. The molecule has 108 valence electrons. The van der Waals surface area contributed by atoms with Gasteiger partial charge in [0.15, 0.2) is 5.76 Å². The summed E-state index contributed by atoms with van der Waals surface area (Å²) >= 11 is 1.19. The van der Waals surface area contributed by atoms with Gasteiger partial charge in [-0.3, -0.25) is 4.98 Å². The second-order valence-electron chi connectivity index (χ2n) is 4.28. The van der Waals surface area contributed by atoms with Crippen LogP contribution in [0.2, 0.25) is 0 Å². The molecule has 5 nitrogen and oxygen atoms in total. The molecule has 21 heavy (non-hydrogen) atoms. The summed E-state index contributed by atoms with van der Waals surface area (Å²) in [6.07, 6.45) is 3.20. The van der Waals surface area contributed by atoms with E-state index in [0.29, 0.717) is 15.7 Å². The summed E-state index contributed by atoms with van der Waals surface area (Å²) in [5, 5.41) is 1.73. The number of furan rings is 1. The van der Waals surface area contributed by atoms with Gasteiger partial charge in [0.2, 0.25) is 10.0 Å². The van der Waals surface area contributed by atoms with E-state index in [1.54, 1.807) is 48.2 Å². The van der Waals surface area contributed by atoms with Crippen LogP contribution in [0.5, 0.6) is 0 Å². The summed E-state index contributed by atoms with van der Waals surface area (Å²) in [4.78, 5) is 4.21. The van der Waals surface area contributed by atoms with Crippen LogP contribution in [-0.2, 0) is 16.6 Å². The molecule has 0 saturated carbocycles. The molecule has 7 heteroatoms. The summed E-state index contributed by atoms with van der Waals surface area (Å²) in [6, 6.07) is 10.4. The van der Waals surface area contributed by atoms with Crippen LogP contribution in [0, 0.1) is 0 Å². The zero-order chi connectivity index (χ0) is 14.7. The van der Waals surface area contributed by atoms with E-state index in [0.717, 1.165) is 5.56 Å². The highest BCUT2D eigenvalue weighted by molar-refractivity contribution is 7.91. The Morgan fingerprint density at radius 1 is 1.24 bits per heavy atom. The molecule has 0 aromatic carbocycles. The van der Waals surface area contributed by atoms with E-state index in [2.05, 4.69) is 9.71 Å². The fourth-order valence-electron chi connectivity index (χ4n) is 1.81. The SMILES string of the molecule is O=S(=O)(NCc1ccnc(-c2ccco2)c1)c1cccs1. The van der Waals surface area contributed by atoms with Gasteiger partial charge in [0.05, 0.1) is 6.26 Å². The van der Waals surface area contributed by atoms with Crippen molar-refractivity contribution < 1.29 is 12.8 Å². The van der Waals surface area contributed by atoms with E-state index < -0.39 is 10.0 Å². The minimum atomic E-state index is -3.46. The minimum Gasteiger partial charge on any atom is -0.463 e. The third-order valence-electron chi connectivity index (χ3n) is 2.82. The number of nitrogens with zero attached hydrogens (tertiary/aromatic N) is 1. The molecule has 3 heterocycles. The lowest BCUT2D eigenvalue weighted by Gasteiger charge is -2.05. The van der Waals surface area contributed by atoms with Crippen molar-refractivity contribution in [1.29, 1.82) is 0 Å². The van der Waals surface area contributed by atoms with Gasteiger partial charge in [-0.2, -0.15) is 0 Å². The van der Waals surface area contributed by atoms with E-state index in [4.69, 9.17) is 4.42 Å². The summed E-state index contributed by atoms with van der Waals surface area (Å²) in [7, 11) is -3.46. The Bertz CT molecular complexity index is 810. The van der Waals surface area contributed by atoms with Crippen LogP contribution in [-0.4, -0.2) is 13.4 Å². The van der Waals surface area contributed by atoms with E-state index in [1.807, 2.05) is 6.07 Å². The van der Waals surface area contributed by atoms with Crippen molar-refractivity contribution >= 4 is 21.4 Å². The molecule has 3 rings (SSSR count). The first-order valence-electron chi connectivity index (χ1n) is 6.17. The number of thiophene rings is 1. The summed E-state index contributed by atoms with van der Waals surface area (Å²) in [5.74, 6) is 0.651. The molecule has 0 radical (unpaired) electrons. The molecule has 0 unspecified atom stereocenters. The first kappa shape index (κ1) is 14.0. The summed E-state index contributed by atoms with van der Waals surface area (Å²) < 4.78 is 32.3. The maximum absolute atomic E-state index is 12.0. The highest BCUT2D eigenvalue weighted by Gasteiger charge is 2.14. The second-order valence-corrected chi connectivity index (χ2v) is 7.22. The third-order valence-corrected chi connectivity index (χ3v) is 5.62. The Hall–Kier alpha value is -1.96. The molecule has 0 aliphatic rings. The molecule has 0 bridgehead atoms. The van der Waals surface area contributed by atoms with E-state index in [9.17, 15) is 8.42 Å². The Balaban J connectivity index is 1.76. The van der Waals surface area contributed by atoms with Crippen molar-refractivity contribution in [1.82, 2.24) is 9.71 Å². The number of sulfonamides is 1. The molecule has 3 aromatic heterocycles. The number of hydrogen-bond donors (Lipinski definition) is 1. The van der Waals surface area contributed by atoms with Crippen molar-refractivity contribution in [3.05, 3.63) is 59.8 Å². The van der Waals surface area contributed by atoms with Gasteiger partial charge >= 0.3 is 0 Å². The van der Waals surface area contributed by atoms with Crippen molar-refractivity contribution in [2.75, 3.05) is 0 Å². The number of rotatable bonds is 5. The standard InChI is InChI=1S/C14H12N2O3S2/c17-21(18,14-4-2-8-20-14)16-10-11-5-6-15-12(9-11)13-3-1-7-19-13/h1-9,16H,10H2. The van der Waals surface area contributed by atoms with Gasteiger partial charge < -0.3 is 4.42 Å². The molecule has 0 aliphatic heterocycles. The lowest BCUT2D eigenvalue weighted by molar-refractivity contribution is 0.579. The van der Waals surface area contributed by atoms with Gasteiger partial charge in [0.1, 0.15) is 9.90 Å². The first-order chi connectivity index (χ1) is 10.1. The minimum absolute atomic E-state index is 0.205. The zero-order valence-electron chi connectivity index (χ0n) is 10.9. The lowest BCUT2D eigenvalue weighted by atomic mass is 10.2. The van der Waals surface area contributed by atoms with Gasteiger partial charge in [0, 0.05) is 12.7 Å². The van der Waals surface area contributed by atoms with Gasteiger partial charge in [-0.1, -0.05) is 6.07 Å².